The zero-order valence-corrected chi connectivity index (χ0v) is 9.86. The third-order valence-electron chi connectivity index (χ3n) is 3.36. The Bertz CT molecular complexity index is 509. The first kappa shape index (κ1) is 11.1. The lowest BCUT2D eigenvalue weighted by molar-refractivity contribution is -0.122. The molecule has 5 heteroatoms. The third-order valence-corrected chi connectivity index (χ3v) is 3.36. The largest absolute Gasteiger partial charge is 0.482 e. The first-order valence-corrected chi connectivity index (χ1v) is 6.10. The fourth-order valence-corrected chi connectivity index (χ4v) is 2.07. The lowest BCUT2D eigenvalue weighted by Gasteiger charge is -2.24. The van der Waals surface area contributed by atoms with E-state index in [2.05, 4.69) is 10.6 Å². The number of fused-ring (bicyclic) bond motifs is 1. The van der Waals surface area contributed by atoms with E-state index in [-0.39, 0.29) is 24.3 Å². The first-order chi connectivity index (χ1) is 8.72. The molecule has 1 aromatic carbocycles. The fourth-order valence-electron chi connectivity index (χ4n) is 2.07. The highest BCUT2D eigenvalue weighted by Gasteiger charge is 2.25. The summed E-state index contributed by atoms with van der Waals surface area (Å²) in [5.41, 5.74) is 1.36. The highest BCUT2D eigenvalue weighted by molar-refractivity contribution is 5.97. The van der Waals surface area contributed by atoms with Crippen LogP contribution >= 0.6 is 0 Å². The zero-order chi connectivity index (χ0) is 12.5. The van der Waals surface area contributed by atoms with Crippen LogP contribution in [0.1, 0.15) is 19.3 Å². The SMILES string of the molecule is O=C1COc2cc(NC(=O)C3CCC3)ccc2N1. The third kappa shape index (κ3) is 2.03. The van der Waals surface area contributed by atoms with E-state index in [1.54, 1.807) is 18.2 Å². The second kappa shape index (κ2) is 4.33. The summed E-state index contributed by atoms with van der Waals surface area (Å²) >= 11 is 0. The Labute approximate surface area is 105 Å². The fraction of sp³-hybridized carbons (Fsp3) is 0.385. The Hall–Kier alpha value is -2.04. The van der Waals surface area contributed by atoms with Crippen LogP contribution in [0.25, 0.3) is 0 Å². The molecule has 2 amide bonds. The number of amides is 2. The van der Waals surface area contributed by atoms with Crippen molar-refractivity contribution < 1.29 is 14.3 Å². The normalized spacial score (nSPS) is 18.1. The lowest BCUT2D eigenvalue weighted by atomic mass is 9.85. The molecular weight excluding hydrogens is 232 g/mol. The van der Waals surface area contributed by atoms with Gasteiger partial charge in [0.05, 0.1) is 5.69 Å². The predicted octanol–water partition coefficient (Wildman–Crippen LogP) is 1.76. The van der Waals surface area contributed by atoms with Crippen molar-refractivity contribution in [2.75, 3.05) is 17.2 Å². The number of hydrogen-bond acceptors (Lipinski definition) is 3. The van der Waals surface area contributed by atoms with E-state index < -0.39 is 0 Å². The van der Waals surface area contributed by atoms with Crippen molar-refractivity contribution in [3.05, 3.63) is 18.2 Å². The van der Waals surface area contributed by atoms with Crippen LogP contribution in [-0.4, -0.2) is 18.4 Å². The van der Waals surface area contributed by atoms with Gasteiger partial charge in [0.15, 0.2) is 6.61 Å². The molecule has 18 heavy (non-hydrogen) atoms. The monoisotopic (exact) mass is 246 g/mol. The van der Waals surface area contributed by atoms with Crippen molar-refractivity contribution in [2.45, 2.75) is 19.3 Å². The Morgan fingerprint density at radius 3 is 2.94 bits per heavy atom. The van der Waals surface area contributed by atoms with Gasteiger partial charge in [-0.25, -0.2) is 0 Å². The summed E-state index contributed by atoms with van der Waals surface area (Å²) in [4.78, 5) is 22.9. The van der Waals surface area contributed by atoms with Crippen LogP contribution < -0.4 is 15.4 Å². The number of hydrogen-bond donors (Lipinski definition) is 2. The van der Waals surface area contributed by atoms with Gasteiger partial charge < -0.3 is 15.4 Å². The van der Waals surface area contributed by atoms with E-state index in [0.717, 1.165) is 19.3 Å². The first-order valence-electron chi connectivity index (χ1n) is 6.10. The number of ether oxygens (including phenoxy) is 1. The molecule has 1 aliphatic heterocycles. The van der Waals surface area contributed by atoms with Crippen molar-refractivity contribution in [1.29, 1.82) is 0 Å². The van der Waals surface area contributed by atoms with Gasteiger partial charge in [0.1, 0.15) is 5.75 Å². The van der Waals surface area contributed by atoms with Crippen LogP contribution in [0.15, 0.2) is 18.2 Å². The Kier molecular flexibility index (Phi) is 2.66. The van der Waals surface area contributed by atoms with Gasteiger partial charge in [-0.3, -0.25) is 9.59 Å². The molecule has 0 aromatic heterocycles. The van der Waals surface area contributed by atoms with Crippen molar-refractivity contribution in [1.82, 2.24) is 0 Å². The Morgan fingerprint density at radius 1 is 1.39 bits per heavy atom. The van der Waals surface area contributed by atoms with Gasteiger partial charge in [-0.05, 0) is 25.0 Å². The molecule has 1 fully saturated rings. The van der Waals surface area contributed by atoms with Gasteiger partial charge >= 0.3 is 0 Å². The summed E-state index contributed by atoms with van der Waals surface area (Å²) in [7, 11) is 0. The molecule has 0 unspecified atom stereocenters. The summed E-state index contributed by atoms with van der Waals surface area (Å²) in [6.45, 7) is 0.0209. The summed E-state index contributed by atoms with van der Waals surface area (Å²) in [5.74, 6) is 0.664. The average Bonchev–Trinajstić information content (AvgIpc) is 2.27. The van der Waals surface area contributed by atoms with E-state index in [9.17, 15) is 9.59 Å². The maximum absolute atomic E-state index is 11.8. The van der Waals surface area contributed by atoms with E-state index in [0.29, 0.717) is 17.1 Å². The molecule has 94 valence electrons. The van der Waals surface area contributed by atoms with Crippen molar-refractivity contribution in [3.63, 3.8) is 0 Å². The van der Waals surface area contributed by atoms with Gasteiger partial charge in [0.25, 0.3) is 5.91 Å². The van der Waals surface area contributed by atoms with E-state index in [4.69, 9.17) is 4.74 Å². The molecule has 0 saturated heterocycles. The van der Waals surface area contributed by atoms with Crippen LogP contribution in [0.5, 0.6) is 5.75 Å². The van der Waals surface area contributed by atoms with E-state index in [1.165, 1.54) is 0 Å². The topological polar surface area (TPSA) is 67.4 Å². The minimum atomic E-state index is -0.159. The van der Waals surface area contributed by atoms with Crippen LogP contribution in [0.4, 0.5) is 11.4 Å². The highest BCUT2D eigenvalue weighted by Crippen LogP contribution is 2.32. The molecule has 3 rings (SSSR count). The summed E-state index contributed by atoms with van der Waals surface area (Å²) in [5, 5.41) is 5.58. The van der Waals surface area contributed by atoms with E-state index >= 15 is 0 Å². The van der Waals surface area contributed by atoms with Crippen LogP contribution in [0, 0.1) is 5.92 Å². The average molecular weight is 246 g/mol. The predicted molar refractivity (Wildman–Crippen MR) is 66.5 cm³/mol. The van der Waals surface area contributed by atoms with Crippen molar-refractivity contribution in [2.24, 2.45) is 5.92 Å². The van der Waals surface area contributed by atoms with Gasteiger partial charge in [-0.2, -0.15) is 0 Å². The van der Waals surface area contributed by atoms with Gasteiger partial charge in [0.2, 0.25) is 5.91 Å². The smallest absolute Gasteiger partial charge is 0.262 e. The number of benzene rings is 1. The van der Waals surface area contributed by atoms with Gasteiger partial charge in [0, 0.05) is 17.7 Å². The number of rotatable bonds is 2. The number of nitrogens with one attached hydrogen (secondary N) is 2. The summed E-state index contributed by atoms with van der Waals surface area (Å²) in [6.07, 6.45) is 3.09. The van der Waals surface area contributed by atoms with Crippen LogP contribution in [-0.2, 0) is 9.59 Å². The molecular formula is C13H14N2O3. The second-order valence-corrected chi connectivity index (χ2v) is 4.66. The molecule has 1 aliphatic carbocycles. The molecule has 2 aliphatic rings. The molecule has 0 bridgehead atoms. The van der Waals surface area contributed by atoms with Gasteiger partial charge in [-0.1, -0.05) is 6.42 Å². The van der Waals surface area contributed by atoms with E-state index in [1.807, 2.05) is 0 Å². The molecule has 1 saturated carbocycles. The zero-order valence-electron chi connectivity index (χ0n) is 9.86. The molecule has 0 spiro atoms. The van der Waals surface area contributed by atoms with Crippen molar-refractivity contribution in [3.8, 4) is 5.75 Å². The summed E-state index contributed by atoms with van der Waals surface area (Å²) in [6, 6.07) is 5.25. The minimum Gasteiger partial charge on any atom is -0.482 e. The molecule has 0 radical (unpaired) electrons. The van der Waals surface area contributed by atoms with Crippen molar-refractivity contribution >= 4 is 23.2 Å². The molecule has 2 N–H and O–H groups in total. The Balaban J connectivity index is 1.73. The molecule has 1 heterocycles. The highest BCUT2D eigenvalue weighted by atomic mass is 16.5. The summed E-state index contributed by atoms with van der Waals surface area (Å²) < 4.78 is 5.30. The standard InChI is InChI=1S/C13H14N2O3/c16-12-7-18-11-6-9(4-5-10(11)15-12)14-13(17)8-2-1-3-8/h4-6,8H,1-3,7H2,(H,14,17)(H,15,16). The molecule has 5 nitrogen and oxygen atoms in total. The minimum absolute atomic E-state index is 0.0209. The quantitative estimate of drug-likeness (QED) is 0.835. The van der Waals surface area contributed by atoms with Crippen LogP contribution in [0.3, 0.4) is 0 Å². The number of carbonyl (C=O) groups excluding carboxylic acids is 2. The maximum atomic E-state index is 11.8. The maximum Gasteiger partial charge on any atom is 0.262 e. The number of anilines is 2. The molecule has 1 aromatic rings. The lowest BCUT2D eigenvalue weighted by Crippen LogP contribution is -2.28. The molecule has 0 atom stereocenters. The Morgan fingerprint density at radius 2 is 2.22 bits per heavy atom. The number of carbonyl (C=O) groups is 2. The van der Waals surface area contributed by atoms with Gasteiger partial charge in [-0.15, -0.1) is 0 Å². The second-order valence-electron chi connectivity index (χ2n) is 4.66. The van der Waals surface area contributed by atoms with Crippen LogP contribution in [0.2, 0.25) is 0 Å².